The van der Waals surface area contributed by atoms with Crippen LogP contribution < -0.4 is 20.1 Å². The molecule has 114 valence electrons. The van der Waals surface area contributed by atoms with Gasteiger partial charge in [-0.25, -0.2) is 0 Å². The van der Waals surface area contributed by atoms with Gasteiger partial charge >= 0.3 is 0 Å². The van der Waals surface area contributed by atoms with E-state index in [-0.39, 0.29) is 12.5 Å². The first-order chi connectivity index (χ1) is 10.2. The summed E-state index contributed by atoms with van der Waals surface area (Å²) in [6.07, 6.45) is 4.09. The number of hydrogen-bond donors (Lipinski definition) is 2. The summed E-state index contributed by atoms with van der Waals surface area (Å²) in [7, 11) is 1.64. The molecule has 21 heavy (non-hydrogen) atoms. The summed E-state index contributed by atoms with van der Waals surface area (Å²) >= 11 is 0. The van der Waals surface area contributed by atoms with Gasteiger partial charge in [0.2, 0.25) is 0 Å². The number of ether oxygens (including phenoxy) is 2. The van der Waals surface area contributed by atoms with Gasteiger partial charge < -0.3 is 20.1 Å². The third-order valence-corrected chi connectivity index (χ3v) is 3.23. The molecule has 1 aromatic carbocycles. The second kappa shape index (κ2) is 7.69. The number of nitrogens with one attached hydrogen (secondary N) is 2. The number of carbonyl (C=O) groups is 1. The normalized spacial score (nSPS) is 13.6. The fourth-order valence-electron chi connectivity index (χ4n) is 1.88. The van der Waals surface area contributed by atoms with E-state index >= 15 is 0 Å². The molecule has 1 aromatic rings. The lowest BCUT2D eigenvalue weighted by Crippen LogP contribution is -2.29. The summed E-state index contributed by atoms with van der Waals surface area (Å²) in [5, 5.41) is 6.12. The predicted molar refractivity (Wildman–Crippen MR) is 81.6 cm³/mol. The highest BCUT2D eigenvalue weighted by Gasteiger charge is 2.21. The van der Waals surface area contributed by atoms with Crippen LogP contribution in [-0.2, 0) is 11.3 Å². The molecule has 1 amide bonds. The maximum Gasteiger partial charge on any atom is 0.258 e. The minimum absolute atomic E-state index is 0.00338. The van der Waals surface area contributed by atoms with Crippen LogP contribution in [0.15, 0.2) is 30.9 Å². The SMILES string of the molecule is C=CCNC(=O)COc1ccc(OC)cc1CNC1CC1. The maximum absolute atomic E-state index is 11.6. The van der Waals surface area contributed by atoms with Crippen molar-refractivity contribution < 1.29 is 14.3 Å². The first kappa shape index (κ1) is 15.4. The summed E-state index contributed by atoms with van der Waals surface area (Å²) in [4.78, 5) is 11.6. The van der Waals surface area contributed by atoms with E-state index in [0.717, 1.165) is 11.3 Å². The van der Waals surface area contributed by atoms with E-state index in [1.807, 2.05) is 18.2 Å². The smallest absolute Gasteiger partial charge is 0.258 e. The van der Waals surface area contributed by atoms with E-state index < -0.39 is 0 Å². The first-order valence-electron chi connectivity index (χ1n) is 7.13. The van der Waals surface area contributed by atoms with Crippen molar-refractivity contribution in [3.63, 3.8) is 0 Å². The van der Waals surface area contributed by atoms with Crippen LogP contribution in [0, 0.1) is 0 Å². The molecule has 2 N–H and O–H groups in total. The monoisotopic (exact) mass is 290 g/mol. The Morgan fingerprint density at radius 2 is 2.29 bits per heavy atom. The lowest BCUT2D eigenvalue weighted by molar-refractivity contribution is -0.122. The number of amides is 1. The van der Waals surface area contributed by atoms with Crippen molar-refractivity contribution >= 4 is 5.91 Å². The Balaban J connectivity index is 1.95. The highest BCUT2D eigenvalue weighted by atomic mass is 16.5. The Bertz CT molecular complexity index is 498. The fourth-order valence-corrected chi connectivity index (χ4v) is 1.88. The molecule has 1 fully saturated rings. The van der Waals surface area contributed by atoms with Gasteiger partial charge in [-0.05, 0) is 31.0 Å². The van der Waals surface area contributed by atoms with E-state index in [2.05, 4.69) is 17.2 Å². The zero-order valence-electron chi connectivity index (χ0n) is 12.4. The lowest BCUT2D eigenvalue weighted by Gasteiger charge is -2.13. The lowest BCUT2D eigenvalue weighted by atomic mass is 10.2. The molecular weight excluding hydrogens is 268 g/mol. The summed E-state index contributed by atoms with van der Waals surface area (Å²) in [6.45, 7) is 4.71. The van der Waals surface area contributed by atoms with Crippen molar-refractivity contribution in [3.05, 3.63) is 36.4 Å². The molecule has 0 aliphatic heterocycles. The van der Waals surface area contributed by atoms with E-state index in [0.29, 0.717) is 24.9 Å². The van der Waals surface area contributed by atoms with Crippen LogP contribution in [0.5, 0.6) is 11.5 Å². The fraction of sp³-hybridized carbons (Fsp3) is 0.438. The molecular formula is C16H22N2O3. The molecule has 1 saturated carbocycles. The van der Waals surface area contributed by atoms with E-state index in [1.165, 1.54) is 12.8 Å². The topological polar surface area (TPSA) is 59.6 Å². The number of benzene rings is 1. The van der Waals surface area contributed by atoms with Gasteiger partial charge in [0.05, 0.1) is 7.11 Å². The summed E-state index contributed by atoms with van der Waals surface area (Å²) in [5.41, 5.74) is 0.998. The standard InChI is InChI=1S/C16H22N2O3/c1-3-8-17-16(19)11-21-15-7-6-14(20-2)9-12(15)10-18-13-4-5-13/h3,6-7,9,13,18H,1,4-5,8,10-11H2,2H3,(H,17,19). The second-order valence-electron chi connectivity index (χ2n) is 5.01. The summed E-state index contributed by atoms with van der Waals surface area (Å²) < 4.78 is 10.8. The molecule has 0 saturated heterocycles. The minimum atomic E-state index is -0.160. The quantitative estimate of drug-likeness (QED) is 0.679. The average Bonchev–Trinajstić information content (AvgIpc) is 3.33. The first-order valence-corrected chi connectivity index (χ1v) is 7.13. The molecule has 5 nitrogen and oxygen atoms in total. The molecule has 2 rings (SSSR count). The molecule has 0 aromatic heterocycles. The van der Waals surface area contributed by atoms with Crippen LogP contribution in [0.2, 0.25) is 0 Å². The molecule has 5 heteroatoms. The Morgan fingerprint density at radius 3 is 2.95 bits per heavy atom. The van der Waals surface area contributed by atoms with Crippen molar-refractivity contribution in [2.45, 2.75) is 25.4 Å². The van der Waals surface area contributed by atoms with Crippen molar-refractivity contribution in [2.24, 2.45) is 0 Å². The molecule has 0 heterocycles. The van der Waals surface area contributed by atoms with Gasteiger partial charge in [-0.2, -0.15) is 0 Å². The van der Waals surface area contributed by atoms with E-state index in [9.17, 15) is 4.79 Å². The number of methoxy groups -OCH3 is 1. The van der Waals surface area contributed by atoms with E-state index in [1.54, 1.807) is 13.2 Å². The molecule has 0 spiro atoms. The Hall–Kier alpha value is -2.01. The van der Waals surface area contributed by atoms with Crippen molar-refractivity contribution in [1.82, 2.24) is 10.6 Å². The number of rotatable bonds is 9. The Morgan fingerprint density at radius 1 is 1.48 bits per heavy atom. The van der Waals surface area contributed by atoms with Crippen LogP contribution in [0.25, 0.3) is 0 Å². The molecule has 1 aliphatic rings. The number of carbonyl (C=O) groups excluding carboxylic acids is 1. The van der Waals surface area contributed by atoms with Gasteiger partial charge in [0, 0.05) is 24.7 Å². The van der Waals surface area contributed by atoms with Gasteiger partial charge in [-0.3, -0.25) is 4.79 Å². The highest BCUT2D eigenvalue weighted by molar-refractivity contribution is 5.77. The van der Waals surface area contributed by atoms with Crippen LogP contribution in [0.1, 0.15) is 18.4 Å². The van der Waals surface area contributed by atoms with Gasteiger partial charge in [0.1, 0.15) is 11.5 Å². The summed E-state index contributed by atoms with van der Waals surface area (Å²) in [5.74, 6) is 1.33. The molecule has 0 bridgehead atoms. The second-order valence-corrected chi connectivity index (χ2v) is 5.01. The van der Waals surface area contributed by atoms with Crippen molar-refractivity contribution in [2.75, 3.05) is 20.3 Å². The Kier molecular flexibility index (Phi) is 5.63. The molecule has 1 aliphatic carbocycles. The van der Waals surface area contributed by atoms with Crippen LogP contribution in [-0.4, -0.2) is 32.2 Å². The van der Waals surface area contributed by atoms with Crippen LogP contribution >= 0.6 is 0 Å². The molecule has 0 unspecified atom stereocenters. The van der Waals surface area contributed by atoms with Crippen molar-refractivity contribution in [1.29, 1.82) is 0 Å². The summed E-state index contributed by atoms with van der Waals surface area (Å²) in [6, 6.07) is 6.22. The highest BCUT2D eigenvalue weighted by Crippen LogP contribution is 2.26. The van der Waals surface area contributed by atoms with Gasteiger partial charge in [-0.15, -0.1) is 6.58 Å². The maximum atomic E-state index is 11.6. The largest absolute Gasteiger partial charge is 0.497 e. The zero-order valence-corrected chi connectivity index (χ0v) is 12.4. The van der Waals surface area contributed by atoms with E-state index in [4.69, 9.17) is 9.47 Å². The van der Waals surface area contributed by atoms with Crippen LogP contribution in [0.3, 0.4) is 0 Å². The third kappa shape index (κ3) is 5.11. The van der Waals surface area contributed by atoms with Crippen molar-refractivity contribution in [3.8, 4) is 11.5 Å². The Labute approximate surface area is 125 Å². The zero-order chi connectivity index (χ0) is 15.1. The van der Waals surface area contributed by atoms with Gasteiger partial charge in [0.15, 0.2) is 6.61 Å². The number of hydrogen-bond acceptors (Lipinski definition) is 4. The van der Waals surface area contributed by atoms with Gasteiger partial charge in [-0.1, -0.05) is 6.08 Å². The third-order valence-electron chi connectivity index (χ3n) is 3.23. The average molecular weight is 290 g/mol. The molecule has 0 atom stereocenters. The minimum Gasteiger partial charge on any atom is -0.497 e. The van der Waals surface area contributed by atoms with Crippen LogP contribution in [0.4, 0.5) is 0 Å². The molecule has 0 radical (unpaired) electrons. The van der Waals surface area contributed by atoms with Gasteiger partial charge in [0.25, 0.3) is 5.91 Å². The predicted octanol–water partition coefficient (Wildman–Crippen LogP) is 1.63.